The van der Waals surface area contributed by atoms with Gasteiger partial charge in [0.1, 0.15) is 5.69 Å². The molecule has 3 aromatic heterocycles. The van der Waals surface area contributed by atoms with Crippen LogP contribution < -0.4 is 5.32 Å². The summed E-state index contributed by atoms with van der Waals surface area (Å²) in [6, 6.07) is -0.0206. The van der Waals surface area contributed by atoms with Crippen LogP contribution in [0.4, 0.5) is 0 Å². The van der Waals surface area contributed by atoms with Crippen molar-refractivity contribution in [1.29, 1.82) is 0 Å². The molecule has 6 nitrogen and oxygen atoms in total. The van der Waals surface area contributed by atoms with Crippen molar-refractivity contribution < 1.29 is 4.79 Å². The second-order valence-electron chi connectivity index (χ2n) is 6.75. The van der Waals surface area contributed by atoms with Gasteiger partial charge in [-0.3, -0.25) is 9.20 Å². The van der Waals surface area contributed by atoms with E-state index in [4.69, 9.17) is 0 Å². The quantitative estimate of drug-likeness (QED) is 0.799. The molecular formula is C16H21N5OS. The van der Waals surface area contributed by atoms with Crippen LogP contribution in [0.2, 0.25) is 0 Å². The zero-order chi connectivity index (χ0) is 16.6. The first-order valence-electron chi connectivity index (χ1n) is 7.55. The minimum absolute atomic E-state index is 0.0206. The Labute approximate surface area is 139 Å². The predicted octanol–water partition coefficient (Wildman–Crippen LogP) is 2.75. The molecule has 3 rings (SSSR count). The molecule has 1 N–H and O–H groups in total. The number of nitrogens with one attached hydrogen (secondary N) is 1. The van der Waals surface area contributed by atoms with E-state index >= 15 is 0 Å². The molecule has 0 radical (unpaired) electrons. The molecule has 0 saturated heterocycles. The first-order chi connectivity index (χ1) is 10.9. The van der Waals surface area contributed by atoms with Crippen molar-refractivity contribution in [2.45, 2.75) is 40.3 Å². The van der Waals surface area contributed by atoms with Gasteiger partial charge >= 0.3 is 0 Å². The third-order valence-electron chi connectivity index (χ3n) is 3.95. The van der Waals surface area contributed by atoms with Crippen LogP contribution in [0.25, 0.3) is 4.96 Å². The van der Waals surface area contributed by atoms with Crippen molar-refractivity contribution >= 4 is 22.2 Å². The second kappa shape index (κ2) is 5.81. The van der Waals surface area contributed by atoms with Crippen LogP contribution in [0.15, 0.2) is 30.3 Å². The largest absolute Gasteiger partial charge is 0.346 e. The molecule has 0 aromatic carbocycles. The summed E-state index contributed by atoms with van der Waals surface area (Å²) in [7, 11) is 0. The maximum absolute atomic E-state index is 12.8. The van der Waals surface area contributed by atoms with Gasteiger partial charge < -0.3 is 9.88 Å². The first kappa shape index (κ1) is 15.7. The summed E-state index contributed by atoms with van der Waals surface area (Å²) in [5.74, 6) is -0.0894. The molecular weight excluding hydrogens is 310 g/mol. The van der Waals surface area contributed by atoms with Gasteiger partial charge in [0.05, 0.1) is 18.1 Å². The number of nitrogens with zero attached hydrogens (tertiary/aromatic N) is 4. The maximum Gasteiger partial charge on any atom is 0.270 e. The highest BCUT2D eigenvalue weighted by atomic mass is 32.1. The molecule has 7 heteroatoms. The Hall–Kier alpha value is -2.15. The van der Waals surface area contributed by atoms with Gasteiger partial charge in [-0.05, 0) is 12.3 Å². The Kier molecular flexibility index (Phi) is 3.97. The number of rotatable bonds is 4. The van der Waals surface area contributed by atoms with Crippen LogP contribution in [0.1, 0.15) is 37.0 Å². The van der Waals surface area contributed by atoms with Crippen LogP contribution in [0.5, 0.6) is 0 Å². The van der Waals surface area contributed by atoms with Gasteiger partial charge in [-0.1, -0.05) is 20.8 Å². The number of amides is 1. The lowest BCUT2D eigenvalue weighted by molar-refractivity contribution is 0.0886. The number of imidazole rings is 2. The van der Waals surface area contributed by atoms with Crippen LogP contribution in [-0.2, 0) is 6.54 Å². The Bertz CT molecular complexity index is 809. The maximum atomic E-state index is 12.8. The van der Waals surface area contributed by atoms with Crippen LogP contribution in [-0.4, -0.2) is 30.9 Å². The zero-order valence-electron chi connectivity index (χ0n) is 13.8. The topological polar surface area (TPSA) is 64.2 Å². The van der Waals surface area contributed by atoms with E-state index in [9.17, 15) is 4.79 Å². The average Bonchev–Trinajstić information content (AvgIpc) is 3.13. The van der Waals surface area contributed by atoms with E-state index in [-0.39, 0.29) is 17.4 Å². The zero-order valence-corrected chi connectivity index (χ0v) is 14.6. The molecule has 23 heavy (non-hydrogen) atoms. The van der Waals surface area contributed by atoms with Crippen molar-refractivity contribution in [1.82, 2.24) is 24.3 Å². The van der Waals surface area contributed by atoms with Crippen molar-refractivity contribution in [3.8, 4) is 0 Å². The number of hydrogen-bond donors (Lipinski definition) is 1. The Morgan fingerprint density at radius 1 is 1.39 bits per heavy atom. The molecule has 0 unspecified atom stereocenters. The number of fused-ring (bicyclic) bond motifs is 1. The van der Waals surface area contributed by atoms with Gasteiger partial charge in [0.2, 0.25) is 0 Å². The number of hydrogen-bond acceptors (Lipinski definition) is 4. The summed E-state index contributed by atoms with van der Waals surface area (Å²) in [5, 5.41) is 5.11. The monoisotopic (exact) mass is 331 g/mol. The van der Waals surface area contributed by atoms with Crippen LogP contribution in [0, 0.1) is 12.3 Å². The summed E-state index contributed by atoms with van der Waals surface area (Å²) < 4.78 is 3.84. The number of carbonyl (C=O) groups is 1. The average molecular weight is 331 g/mol. The summed E-state index contributed by atoms with van der Waals surface area (Å²) in [6.07, 6.45) is 7.31. The van der Waals surface area contributed by atoms with Gasteiger partial charge in [-0.15, -0.1) is 11.3 Å². The highest BCUT2D eigenvalue weighted by Gasteiger charge is 2.28. The lowest BCUT2D eigenvalue weighted by Gasteiger charge is -2.31. The Balaban J connectivity index is 1.86. The fraction of sp³-hybridized carbons (Fsp3) is 0.438. The fourth-order valence-corrected chi connectivity index (χ4v) is 3.30. The SMILES string of the molecule is Cc1nc2sccn2c1C(=O)N[C@@H](Cn1ccnc1)C(C)(C)C. The molecule has 122 valence electrons. The van der Waals surface area contributed by atoms with Crippen LogP contribution in [0.3, 0.4) is 0 Å². The highest BCUT2D eigenvalue weighted by Crippen LogP contribution is 2.22. The smallest absolute Gasteiger partial charge is 0.270 e. The summed E-state index contributed by atoms with van der Waals surface area (Å²) in [6.45, 7) is 8.92. The molecule has 1 atom stereocenters. The molecule has 0 bridgehead atoms. The number of carbonyl (C=O) groups excluding carboxylic acids is 1. The summed E-state index contributed by atoms with van der Waals surface area (Å²) in [4.78, 5) is 22.2. The summed E-state index contributed by atoms with van der Waals surface area (Å²) >= 11 is 1.53. The van der Waals surface area contributed by atoms with Gasteiger partial charge in [-0.2, -0.15) is 0 Å². The number of aromatic nitrogens is 4. The van der Waals surface area contributed by atoms with Crippen molar-refractivity contribution in [2.24, 2.45) is 5.41 Å². The molecule has 3 heterocycles. The van der Waals surface area contributed by atoms with Crippen LogP contribution >= 0.6 is 11.3 Å². The molecule has 0 fully saturated rings. The lowest BCUT2D eigenvalue weighted by Crippen LogP contribution is -2.46. The van der Waals surface area contributed by atoms with E-state index in [0.29, 0.717) is 12.2 Å². The van der Waals surface area contributed by atoms with E-state index in [1.165, 1.54) is 11.3 Å². The van der Waals surface area contributed by atoms with Crippen molar-refractivity contribution in [3.63, 3.8) is 0 Å². The third-order valence-corrected chi connectivity index (χ3v) is 4.71. The molecule has 3 aromatic rings. The molecule has 0 aliphatic rings. The Morgan fingerprint density at radius 3 is 2.83 bits per heavy atom. The lowest BCUT2D eigenvalue weighted by atomic mass is 9.86. The normalized spacial score (nSPS) is 13.4. The molecule has 0 saturated carbocycles. The molecule has 1 amide bonds. The molecule has 0 aliphatic heterocycles. The van der Waals surface area contributed by atoms with Gasteiger partial charge in [0.15, 0.2) is 4.96 Å². The van der Waals surface area contributed by atoms with E-state index in [1.54, 1.807) is 12.5 Å². The van der Waals surface area contributed by atoms with Gasteiger partial charge in [0, 0.05) is 30.5 Å². The molecule has 0 aliphatic carbocycles. The fourth-order valence-electron chi connectivity index (χ4n) is 2.54. The summed E-state index contributed by atoms with van der Waals surface area (Å²) in [5.41, 5.74) is 1.29. The highest BCUT2D eigenvalue weighted by molar-refractivity contribution is 7.15. The standard InChI is InChI=1S/C16H21N5OS/c1-11-13(21-7-8-23-15(21)18-11)14(22)19-12(16(2,3)4)9-20-6-5-17-10-20/h5-8,10,12H,9H2,1-4H3,(H,19,22)/t12-/m0/s1. The first-order valence-corrected chi connectivity index (χ1v) is 8.43. The number of aryl methyl sites for hydroxylation is 1. The van der Waals surface area contributed by atoms with E-state index in [1.807, 2.05) is 33.7 Å². The minimum Gasteiger partial charge on any atom is -0.346 e. The van der Waals surface area contributed by atoms with Gasteiger partial charge in [0.25, 0.3) is 5.91 Å². The minimum atomic E-state index is -0.0894. The van der Waals surface area contributed by atoms with E-state index in [0.717, 1.165) is 10.7 Å². The predicted molar refractivity (Wildman–Crippen MR) is 90.7 cm³/mol. The van der Waals surface area contributed by atoms with E-state index < -0.39 is 0 Å². The van der Waals surface area contributed by atoms with E-state index in [2.05, 4.69) is 36.1 Å². The molecule has 0 spiro atoms. The Morgan fingerprint density at radius 2 is 2.17 bits per heavy atom. The van der Waals surface area contributed by atoms with Crippen molar-refractivity contribution in [2.75, 3.05) is 0 Å². The second-order valence-corrected chi connectivity index (χ2v) is 7.63. The van der Waals surface area contributed by atoms with Crippen molar-refractivity contribution in [3.05, 3.63) is 41.7 Å². The third kappa shape index (κ3) is 3.14. The number of thiazole rings is 1. The van der Waals surface area contributed by atoms with Gasteiger partial charge in [-0.25, -0.2) is 9.97 Å².